The van der Waals surface area contributed by atoms with Gasteiger partial charge in [-0.3, -0.25) is 4.79 Å². The number of rotatable bonds is 11. The highest BCUT2D eigenvalue weighted by molar-refractivity contribution is 5.95. The summed E-state index contributed by atoms with van der Waals surface area (Å²) < 4.78 is 0. The van der Waals surface area contributed by atoms with Gasteiger partial charge in [0.1, 0.15) is 0 Å². The number of aryl methyl sites for hydroxylation is 1. The molecule has 0 aromatic heterocycles. The molecule has 6 heteroatoms. The minimum absolute atomic E-state index is 0. The second-order valence-electron chi connectivity index (χ2n) is 5.72. The summed E-state index contributed by atoms with van der Waals surface area (Å²) in [5.74, 6) is 0.0365. The van der Waals surface area contributed by atoms with Crippen molar-refractivity contribution >= 4 is 36.4 Å². The Bertz CT molecular complexity index is 444. The normalized spacial score (nSPS) is 11.1. The molecule has 140 valence electrons. The summed E-state index contributed by atoms with van der Waals surface area (Å²) >= 11 is 0. The van der Waals surface area contributed by atoms with E-state index < -0.39 is 0 Å². The molecule has 1 unspecified atom stereocenters. The van der Waals surface area contributed by atoms with E-state index in [4.69, 9.17) is 0 Å². The van der Waals surface area contributed by atoms with Crippen LogP contribution in [0.2, 0.25) is 0 Å². The molecule has 1 rings (SSSR count). The van der Waals surface area contributed by atoms with Crippen molar-refractivity contribution in [3.05, 3.63) is 29.8 Å². The maximum Gasteiger partial charge on any atom is 0.242 e. The number of benzene rings is 1. The molecule has 0 radical (unpaired) electrons. The number of hydrogen-bond donors (Lipinski definition) is 3. The monoisotopic (exact) mass is 377 g/mol. The molecule has 0 aliphatic carbocycles. The van der Waals surface area contributed by atoms with Crippen molar-refractivity contribution < 1.29 is 4.79 Å². The molecule has 0 heterocycles. The van der Waals surface area contributed by atoms with Gasteiger partial charge in [-0.15, -0.1) is 24.8 Å². The number of amides is 1. The molecule has 1 aromatic carbocycles. The summed E-state index contributed by atoms with van der Waals surface area (Å²) in [6.45, 7) is 8.83. The lowest BCUT2D eigenvalue weighted by molar-refractivity contribution is -0.118. The van der Waals surface area contributed by atoms with E-state index in [-0.39, 0.29) is 36.8 Å². The van der Waals surface area contributed by atoms with Crippen molar-refractivity contribution in [2.24, 2.45) is 0 Å². The van der Waals surface area contributed by atoms with Crippen LogP contribution in [0.1, 0.15) is 45.1 Å². The number of hydrogen-bond acceptors (Lipinski definition) is 3. The van der Waals surface area contributed by atoms with E-state index in [1.807, 2.05) is 31.2 Å². The molecule has 0 saturated heterocycles. The first-order chi connectivity index (χ1) is 10.7. The number of carbonyl (C=O) groups is 1. The van der Waals surface area contributed by atoms with Gasteiger partial charge in [0, 0.05) is 12.2 Å². The SMILES string of the molecule is CCCCNCC(NCCCC)C(=O)Nc1ccccc1C.Cl.Cl. The fourth-order valence-electron chi connectivity index (χ4n) is 2.19. The summed E-state index contributed by atoms with van der Waals surface area (Å²) in [6, 6.07) is 7.69. The number of para-hydroxylation sites is 1. The van der Waals surface area contributed by atoms with Gasteiger partial charge in [-0.2, -0.15) is 0 Å². The van der Waals surface area contributed by atoms with E-state index >= 15 is 0 Å². The zero-order valence-corrected chi connectivity index (χ0v) is 16.7. The van der Waals surface area contributed by atoms with Gasteiger partial charge < -0.3 is 16.0 Å². The molecule has 3 N–H and O–H groups in total. The Hall–Kier alpha value is -0.810. The standard InChI is InChI=1S/C18H31N3O.2ClH/c1-4-6-12-19-14-17(20-13-7-5-2)18(22)21-16-11-9-8-10-15(16)3;;/h8-11,17,19-20H,4-7,12-14H2,1-3H3,(H,21,22);2*1H. The molecule has 0 bridgehead atoms. The Labute approximate surface area is 159 Å². The van der Waals surface area contributed by atoms with Gasteiger partial charge in [0.05, 0.1) is 6.04 Å². The quantitative estimate of drug-likeness (QED) is 0.512. The van der Waals surface area contributed by atoms with Gasteiger partial charge in [-0.25, -0.2) is 0 Å². The molecule has 0 aliphatic rings. The minimum Gasteiger partial charge on any atom is -0.324 e. The zero-order chi connectivity index (χ0) is 16.2. The van der Waals surface area contributed by atoms with Crippen molar-refractivity contribution in [1.29, 1.82) is 0 Å². The smallest absolute Gasteiger partial charge is 0.242 e. The lowest BCUT2D eigenvalue weighted by Gasteiger charge is -2.19. The summed E-state index contributed by atoms with van der Waals surface area (Å²) in [5, 5.41) is 9.77. The van der Waals surface area contributed by atoms with E-state index in [0.717, 1.165) is 50.0 Å². The van der Waals surface area contributed by atoms with Crippen LogP contribution >= 0.6 is 24.8 Å². The third-order valence-electron chi connectivity index (χ3n) is 3.70. The van der Waals surface area contributed by atoms with Crippen LogP contribution in [0.3, 0.4) is 0 Å². The lowest BCUT2D eigenvalue weighted by Crippen LogP contribution is -2.47. The molecule has 24 heavy (non-hydrogen) atoms. The second-order valence-corrected chi connectivity index (χ2v) is 5.72. The fourth-order valence-corrected chi connectivity index (χ4v) is 2.19. The summed E-state index contributed by atoms with van der Waals surface area (Å²) in [7, 11) is 0. The van der Waals surface area contributed by atoms with E-state index in [0.29, 0.717) is 6.54 Å². The molecular formula is C18H33Cl2N3O. The predicted molar refractivity (Wildman–Crippen MR) is 109 cm³/mol. The second kappa shape index (κ2) is 15.7. The van der Waals surface area contributed by atoms with Crippen LogP contribution in [0.15, 0.2) is 24.3 Å². The third kappa shape index (κ3) is 10.1. The highest BCUT2D eigenvalue weighted by atomic mass is 35.5. The van der Waals surface area contributed by atoms with E-state index in [9.17, 15) is 4.79 Å². The fraction of sp³-hybridized carbons (Fsp3) is 0.611. The maximum atomic E-state index is 12.5. The van der Waals surface area contributed by atoms with Crippen LogP contribution in [-0.2, 0) is 4.79 Å². The highest BCUT2D eigenvalue weighted by Crippen LogP contribution is 2.13. The first kappa shape index (κ1) is 25.4. The maximum absolute atomic E-state index is 12.5. The van der Waals surface area contributed by atoms with Crippen molar-refractivity contribution in [3.8, 4) is 0 Å². The molecule has 1 amide bonds. The van der Waals surface area contributed by atoms with E-state index in [1.54, 1.807) is 0 Å². The van der Waals surface area contributed by atoms with Crippen LogP contribution < -0.4 is 16.0 Å². The van der Waals surface area contributed by atoms with Gasteiger partial charge in [0.15, 0.2) is 0 Å². The van der Waals surface area contributed by atoms with Gasteiger partial charge >= 0.3 is 0 Å². The molecule has 0 spiro atoms. The van der Waals surface area contributed by atoms with Crippen LogP contribution in [0.5, 0.6) is 0 Å². The van der Waals surface area contributed by atoms with E-state index in [1.165, 1.54) is 0 Å². The van der Waals surface area contributed by atoms with Crippen LogP contribution in [0, 0.1) is 6.92 Å². The first-order valence-electron chi connectivity index (χ1n) is 8.49. The molecule has 0 aliphatic heterocycles. The Morgan fingerprint density at radius 3 is 2.29 bits per heavy atom. The van der Waals surface area contributed by atoms with Gasteiger partial charge in [-0.05, 0) is 44.5 Å². The Balaban J connectivity index is 0. The van der Waals surface area contributed by atoms with Gasteiger partial charge in [-0.1, -0.05) is 44.9 Å². The Morgan fingerprint density at radius 1 is 1.04 bits per heavy atom. The third-order valence-corrected chi connectivity index (χ3v) is 3.70. The van der Waals surface area contributed by atoms with Crippen LogP contribution in [-0.4, -0.2) is 31.6 Å². The van der Waals surface area contributed by atoms with Crippen molar-refractivity contribution in [3.63, 3.8) is 0 Å². The average Bonchev–Trinajstić information content (AvgIpc) is 2.52. The average molecular weight is 378 g/mol. The largest absolute Gasteiger partial charge is 0.324 e. The zero-order valence-electron chi connectivity index (χ0n) is 15.1. The Morgan fingerprint density at radius 2 is 1.67 bits per heavy atom. The summed E-state index contributed by atoms with van der Waals surface area (Å²) in [5.41, 5.74) is 1.98. The molecule has 1 atom stereocenters. The lowest BCUT2D eigenvalue weighted by atomic mass is 10.2. The minimum atomic E-state index is -0.192. The predicted octanol–water partition coefficient (Wildman–Crippen LogP) is 3.93. The van der Waals surface area contributed by atoms with E-state index in [2.05, 4.69) is 29.8 Å². The number of nitrogens with one attached hydrogen (secondary N) is 3. The van der Waals surface area contributed by atoms with Gasteiger partial charge in [0.25, 0.3) is 0 Å². The van der Waals surface area contributed by atoms with Crippen LogP contribution in [0.25, 0.3) is 0 Å². The highest BCUT2D eigenvalue weighted by Gasteiger charge is 2.17. The molecule has 0 fully saturated rings. The molecule has 1 aromatic rings. The molecular weight excluding hydrogens is 345 g/mol. The number of halogens is 2. The summed E-state index contributed by atoms with van der Waals surface area (Å²) in [4.78, 5) is 12.5. The van der Waals surface area contributed by atoms with Crippen molar-refractivity contribution in [2.75, 3.05) is 25.0 Å². The number of carbonyl (C=O) groups excluding carboxylic acids is 1. The number of unbranched alkanes of at least 4 members (excludes halogenated alkanes) is 2. The van der Waals surface area contributed by atoms with Crippen molar-refractivity contribution in [2.45, 2.75) is 52.5 Å². The Kier molecular flexibility index (Phi) is 16.6. The van der Waals surface area contributed by atoms with Crippen molar-refractivity contribution in [1.82, 2.24) is 10.6 Å². The summed E-state index contributed by atoms with van der Waals surface area (Å²) in [6.07, 6.45) is 4.52. The van der Waals surface area contributed by atoms with Crippen LogP contribution in [0.4, 0.5) is 5.69 Å². The molecule has 0 saturated carbocycles. The van der Waals surface area contributed by atoms with Gasteiger partial charge in [0.2, 0.25) is 5.91 Å². The number of anilines is 1. The topological polar surface area (TPSA) is 53.2 Å². The molecule has 4 nitrogen and oxygen atoms in total. The first-order valence-corrected chi connectivity index (χ1v) is 8.49.